The van der Waals surface area contributed by atoms with Gasteiger partial charge in [0.2, 0.25) is 11.7 Å². The van der Waals surface area contributed by atoms with Gasteiger partial charge < -0.3 is 9.84 Å². The Morgan fingerprint density at radius 1 is 1.06 bits per heavy atom. The van der Waals surface area contributed by atoms with Gasteiger partial charge in [-0.05, 0) is 36.8 Å². The highest BCUT2D eigenvalue weighted by molar-refractivity contribution is 7.99. The molecule has 2 aromatic carbocycles. The van der Waals surface area contributed by atoms with Crippen molar-refractivity contribution in [2.24, 2.45) is 0 Å². The first-order valence-corrected chi connectivity index (χ1v) is 10.6. The fraction of sp³-hybridized carbons (Fsp3) is 0.130. The Kier molecular flexibility index (Phi) is 6.37. The zero-order valence-corrected chi connectivity index (χ0v) is 17.5. The number of thioether (sulfide) groups is 1. The molecular weight excluding hydrogens is 415 g/mol. The Labute approximate surface area is 182 Å². The van der Waals surface area contributed by atoms with E-state index in [1.165, 1.54) is 23.9 Å². The van der Waals surface area contributed by atoms with Crippen LogP contribution in [0.2, 0.25) is 0 Å². The third kappa shape index (κ3) is 5.35. The molecule has 0 unspecified atom stereocenters. The first-order valence-electron chi connectivity index (χ1n) is 9.61. The largest absolute Gasteiger partial charge is 0.349 e. The van der Waals surface area contributed by atoms with E-state index in [1.54, 1.807) is 18.3 Å². The third-order valence-corrected chi connectivity index (χ3v) is 5.48. The van der Waals surface area contributed by atoms with Crippen molar-refractivity contribution in [2.75, 3.05) is 5.75 Å². The van der Waals surface area contributed by atoms with E-state index in [0.717, 1.165) is 11.1 Å². The number of hydrogen-bond donors (Lipinski definition) is 1. The molecule has 4 aromatic rings. The van der Waals surface area contributed by atoms with Crippen LogP contribution in [0.4, 0.5) is 4.39 Å². The summed E-state index contributed by atoms with van der Waals surface area (Å²) in [6.07, 6.45) is 1.64. The van der Waals surface area contributed by atoms with Crippen LogP contribution in [-0.4, -0.2) is 26.8 Å². The predicted octanol–water partition coefficient (Wildman–Crippen LogP) is 4.91. The second-order valence-electron chi connectivity index (χ2n) is 6.80. The number of aromatic nitrogens is 3. The van der Waals surface area contributed by atoms with Crippen molar-refractivity contribution in [1.29, 1.82) is 0 Å². The molecule has 4 rings (SSSR count). The van der Waals surface area contributed by atoms with Crippen molar-refractivity contribution in [3.8, 4) is 22.8 Å². The number of benzene rings is 2. The van der Waals surface area contributed by atoms with Crippen molar-refractivity contribution in [3.63, 3.8) is 0 Å². The van der Waals surface area contributed by atoms with Gasteiger partial charge in [0, 0.05) is 11.8 Å². The quantitative estimate of drug-likeness (QED) is 0.417. The molecule has 6 nitrogen and oxygen atoms in total. The molecule has 0 bridgehead atoms. The summed E-state index contributed by atoms with van der Waals surface area (Å²) in [5, 5.41) is 7.61. The molecule has 0 aliphatic rings. The van der Waals surface area contributed by atoms with Crippen LogP contribution in [0, 0.1) is 5.82 Å². The maximum Gasteiger partial charge on any atom is 0.259 e. The minimum absolute atomic E-state index is 0.128. The third-order valence-electron chi connectivity index (χ3n) is 4.54. The second kappa shape index (κ2) is 9.53. The van der Waals surface area contributed by atoms with Crippen LogP contribution < -0.4 is 5.32 Å². The molecule has 8 heteroatoms. The summed E-state index contributed by atoms with van der Waals surface area (Å²) >= 11 is 1.32. The van der Waals surface area contributed by atoms with Crippen molar-refractivity contribution < 1.29 is 13.7 Å². The molecule has 156 valence electrons. The zero-order chi connectivity index (χ0) is 21.6. The number of pyridine rings is 1. The molecule has 0 aliphatic heterocycles. The Morgan fingerprint density at radius 3 is 2.55 bits per heavy atom. The number of nitrogens with one attached hydrogen (secondary N) is 1. The van der Waals surface area contributed by atoms with Gasteiger partial charge in [-0.1, -0.05) is 59.4 Å². The molecule has 0 fully saturated rings. The topological polar surface area (TPSA) is 80.9 Å². The van der Waals surface area contributed by atoms with E-state index in [4.69, 9.17) is 4.52 Å². The minimum Gasteiger partial charge on any atom is -0.349 e. The normalized spacial score (nSPS) is 11.8. The lowest BCUT2D eigenvalue weighted by Gasteiger charge is -2.14. The summed E-state index contributed by atoms with van der Waals surface area (Å²) in [5.74, 6) is 0.687. The highest BCUT2D eigenvalue weighted by Crippen LogP contribution is 2.24. The van der Waals surface area contributed by atoms with E-state index < -0.39 is 0 Å². The highest BCUT2D eigenvalue weighted by atomic mass is 32.2. The molecule has 0 spiro atoms. The molecule has 0 aliphatic carbocycles. The average Bonchev–Trinajstić information content (AvgIpc) is 3.29. The molecule has 1 amide bonds. The van der Waals surface area contributed by atoms with Crippen LogP contribution >= 0.6 is 11.8 Å². The summed E-state index contributed by atoms with van der Waals surface area (Å²) in [6.45, 7) is 1.86. The van der Waals surface area contributed by atoms with Crippen molar-refractivity contribution in [2.45, 2.75) is 18.0 Å². The molecule has 2 heterocycles. The molecular formula is C23H19FN4O2S. The van der Waals surface area contributed by atoms with E-state index in [-0.39, 0.29) is 23.5 Å². The Balaban J connectivity index is 1.32. The summed E-state index contributed by atoms with van der Waals surface area (Å²) in [4.78, 5) is 21.0. The lowest BCUT2D eigenvalue weighted by Crippen LogP contribution is -2.28. The number of hydrogen-bond acceptors (Lipinski definition) is 6. The highest BCUT2D eigenvalue weighted by Gasteiger charge is 2.13. The van der Waals surface area contributed by atoms with Gasteiger partial charge in [0.1, 0.15) is 5.82 Å². The van der Waals surface area contributed by atoms with Gasteiger partial charge >= 0.3 is 0 Å². The van der Waals surface area contributed by atoms with Crippen molar-refractivity contribution in [3.05, 3.63) is 84.3 Å². The summed E-state index contributed by atoms with van der Waals surface area (Å²) < 4.78 is 18.4. The molecule has 1 N–H and O–H groups in total. The monoisotopic (exact) mass is 434 g/mol. The minimum atomic E-state index is -0.302. The Morgan fingerprint density at radius 2 is 1.84 bits per heavy atom. The number of carbonyl (C=O) groups is 1. The standard InChI is InChI=1S/C23H19FN4O2S/c1-15(16-7-10-19(24)11-8-16)26-20(29)14-31-21-12-9-18(13-25-21)23-27-22(28-30-23)17-5-3-2-4-6-17/h2-13,15H,14H2,1H3,(H,26,29)/t15-/m1/s1. The summed E-state index contributed by atoms with van der Waals surface area (Å²) in [6, 6.07) is 19.1. The summed E-state index contributed by atoms with van der Waals surface area (Å²) in [5.41, 5.74) is 2.42. The molecule has 31 heavy (non-hydrogen) atoms. The SMILES string of the molecule is C[C@@H](NC(=O)CSc1ccc(-c2nc(-c3ccccc3)no2)cn1)c1ccc(F)cc1. The van der Waals surface area contributed by atoms with E-state index >= 15 is 0 Å². The van der Waals surface area contributed by atoms with Crippen LogP contribution in [0.1, 0.15) is 18.5 Å². The smallest absolute Gasteiger partial charge is 0.259 e. The van der Waals surface area contributed by atoms with Crippen molar-refractivity contribution in [1.82, 2.24) is 20.4 Å². The first-order chi connectivity index (χ1) is 15.1. The molecule has 1 atom stereocenters. The zero-order valence-electron chi connectivity index (χ0n) is 16.7. The fourth-order valence-electron chi connectivity index (χ4n) is 2.89. The van der Waals surface area contributed by atoms with Crippen LogP contribution in [0.3, 0.4) is 0 Å². The van der Waals surface area contributed by atoms with E-state index in [2.05, 4.69) is 20.4 Å². The first kappa shape index (κ1) is 20.7. The van der Waals surface area contributed by atoms with Crippen LogP contribution in [0.25, 0.3) is 22.8 Å². The molecule has 0 radical (unpaired) electrons. The van der Waals surface area contributed by atoms with Gasteiger partial charge in [-0.3, -0.25) is 4.79 Å². The Hall–Kier alpha value is -3.52. The predicted molar refractivity (Wildman–Crippen MR) is 117 cm³/mol. The van der Waals surface area contributed by atoms with Gasteiger partial charge in [-0.15, -0.1) is 0 Å². The van der Waals surface area contributed by atoms with Gasteiger partial charge in [0.15, 0.2) is 0 Å². The van der Waals surface area contributed by atoms with E-state index in [0.29, 0.717) is 22.3 Å². The van der Waals surface area contributed by atoms with Crippen molar-refractivity contribution >= 4 is 17.7 Å². The fourth-order valence-corrected chi connectivity index (χ4v) is 3.55. The lowest BCUT2D eigenvalue weighted by molar-refractivity contribution is -0.119. The van der Waals surface area contributed by atoms with E-state index in [9.17, 15) is 9.18 Å². The molecule has 0 saturated carbocycles. The maximum atomic E-state index is 13.0. The van der Waals surface area contributed by atoms with Gasteiger partial charge in [-0.2, -0.15) is 4.98 Å². The van der Waals surface area contributed by atoms with Gasteiger partial charge in [0.25, 0.3) is 5.89 Å². The number of rotatable bonds is 7. The summed E-state index contributed by atoms with van der Waals surface area (Å²) in [7, 11) is 0. The van der Waals surface area contributed by atoms with Crippen LogP contribution in [0.5, 0.6) is 0 Å². The number of carbonyl (C=O) groups excluding carboxylic acids is 1. The number of nitrogens with zero attached hydrogens (tertiary/aromatic N) is 3. The van der Waals surface area contributed by atoms with Gasteiger partial charge in [0.05, 0.1) is 22.4 Å². The molecule has 2 aromatic heterocycles. The second-order valence-corrected chi connectivity index (χ2v) is 7.80. The Bertz CT molecular complexity index is 1150. The van der Waals surface area contributed by atoms with Crippen LogP contribution in [0.15, 0.2) is 82.5 Å². The van der Waals surface area contributed by atoms with Crippen LogP contribution in [-0.2, 0) is 4.79 Å². The average molecular weight is 434 g/mol. The van der Waals surface area contributed by atoms with E-state index in [1.807, 2.05) is 49.4 Å². The number of amides is 1. The number of halogens is 1. The van der Waals surface area contributed by atoms with Gasteiger partial charge in [-0.25, -0.2) is 9.37 Å². The maximum absolute atomic E-state index is 13.0. The lowest BCUT2D eigenvalue weighted by atomic mass is 10.1. The molecule has 0 saturated heterocycles.